The Morgan fingerprint density at radius 2 is 1.74 bits per heavy atom. The molecule has 1 aromatic heterocycles. The number of hydrogen-bond acceptors (Lipinski definition) is 5. The molecule has 1 saturated heterocycles. The van der Waals surface area contributed by atoms with Crippen LogP contribution in [0.1, 0.15) is 5.69 Å². The fourth-order valence-electron chi connectivity index (χ4n) is 2.33. The SMILES string of the molecule is O=C(O)C(F)(F)F.O=S1(=O)CCN(Cc2cnc(-c3ccccc3)[nH]2)CC1. The number of rotatable bonds is 3. The van der Waals surface area contributed by atoms with E-state index < -0.39 is 22.0 Å². The highest BCUT2D eigenvalue weighted by Gasteiger charge is 2.38. The molecule has 148 valence electrons. The van der Waals surface area contributed by atoms with E-state index in [-0.39, 0.29) is 11.5 Å². The van der Waals surface area contributed by atoms with Gasteiger partial charge in [-0.2, -0.15) is 13.2 Å². The first kappa shape index (κ1) is 20.9. The largest absolute Gasteiger partial charge is 0.490 e. The van der Waals surface area contributed by atoms with Crippen molar-refractivity contribution in [2.45, 2.75) is 12.7 Å². The quantitative estimate of drug-likeness (QED) is 0.809. The van der Waals surface area contributed by atoms with Crippen LogP contribution in [0, 0.1) is 0 Å². The van der Waals surface area contributed by atoms with Crippen molar-refractivity contribution in [3.8, 4) is 11.4 Å². The molecule has 2 heterocycles. The standard InChI is InChI=1S/C14H17N3O2S.C2HF3O2/c18-20(19)8-6-17(7-9-20)11-13-10-15-14(16-13)12-4-2-1-3-5-12;3-2(4,5)1(6)7/h1-5,10H,6-9,11H2,(H,15,16);(H,6,7). The molecule has 0 spiro atoms. The average Bonchev–Trinajstić information content (AvgIpc) is 3.06. The number of aromatic amines is 1. The van der Waals surface area contributed by atoms with Crippen LogP contribution in [-0.4, -0.2) is 65.1 Å². The summed E-state index contributed by atoms with van der Waals surface area (Å²) in [5, 5.41) is 7.12. The number of aliphatic carboxylic acids is 1. The molecule has 1 aromatic carbocycles. The Kier molecular flexibility index (Phi) is 6.60. The molecule has 11 heteroatoms. The number of aromatic nitrogens is 2. The van der Waals surface area contributed by atoms with Gasteiger partial charge in [0.1, 0.15) is 5.82 Å². The number of alkyl halides is 3. The van der Waals surface area contributed by atoms with Gasteiger partial charge in [-0.25, -0.2) is 18.2 Å². The maximum atomic E-state index is 11.4. The van der Waals surface area contributed by atoms with Crippen molar-refractivity contribution in [1.29, 1.82) is 0 Å². The van der Waals surface area contributed by atoms with E-state index in [1.807, 2.05) is 36.5 Å². The highest BCUT2D eigenvalue weighted by molar-refractivity contribution is 7.91. The minimum absolute atomic E-state index is 0.257. The molecule has 0 saturated carbocycles. The van der Waals surface area contributed by atoms with Gasteiger partial charge in [-0.15, -0.1) is 0 Å². The van der Waals surface area contributed by atoms with E-state index in [0.717, 1.165) is 23.6 Å². The van der Waals surface area contributed by atoms with Gasteiger partial charge in [-0.3, -0.25) is 4.90 Å². The number of sulfone groups is 1. The van der Waals surface area contributed by atoms with E-state index in [4.69, 9.17) is 9.90 Å². The first-order valence-corrected chi connectivity index (χ1v) is 9.71. The summed E-state index contributed by atoms with van der Waals surface area (Å²) in [6.07, 6.45) is -3.26. The lowest BCUT2D eigenvalue weighted by atomic mass is 10.2. The van der Waals surface area contributed by atoms with Crippen molar-refractivity contribution in [2.75, 3.05) is 24.6 Å². The predicted molar refractivity (Wildman–Crippen MR) is 91.6 cm³/mol. The lowest BCUT2D eigenvalue weighted by molar-refractivity contribution is -0.192. The minimum atomic E-state index is -5.08. The summed E-state index contributed by atoms with van der Waals surface area (Å²) < 4.78 is 54.5. The third kappa shape index (κ3) is 6.68. The van der Waals surface area contributed by atoms with Crippen LogP contribution in [0.2, 0.25) is 0 Å². The second kappa shape index (κ2) is 8.53. The van der Waals surface area contributed by atoms with Gasteiger partial charge in [0.25, 0.3) is 0 Å². The monoisotopic (exact) mass is 405 g/mol. The van der Waals surface area contributed by atoms with Gasteiger partial charge in [0.05, 0.1) is 11.5 Å². The van der Waals surface area contributed by atoms with Gasteiger partial charge in [0.2, 0.25) is 0 Å². The molecule has 27 heavy (non-hydrogen) atoms. The molecule has 1 aliphatic rings. The molecule has 3 rings (SSSR count). The van der Waals surface area contributed by atoms with Gasteiger partial charge in [0, 0.05) is 37.1 Å². The minimum Gasteiger partial charge on any atom is -0.475 e. The van der Waals surface area contributed by atoms with E-state index in [2.05, 4.69) is 14.9 Å². The molecule has 0 bridgehead atoms. The number of carboxylic acid groups (broad SMARTS) is 1. The zero-order chi connectivity index (χ0) is 20.1. The summed E-state index contributed by atoms with van der Waals surface area (Å²) >= 11 is 0. The first-order chi connectivity index (χ1) is 12.6. The highest BCUT2D eigenvalue weighted by atomic mass is 32.2. The fourth-order valence-corrected chi connectivity index (χ4v) is 3.61. The Hall–Kier alpha value is -2.40. The molecule has 0 amide bonds. The molecule has 0 radical (unpaired) electrons. The number of halogens is 3. The van der Waals surface area contributed by atoms with Crippen molar-refractivity contribution in [3.05, 3.63) is 42.2 Å². The van der Waals surface area contributed by atoms with Crippen LogP contribution in [-0.2, 0) is 21.2 Å². The van der Waals surface area contributed by atoms with Crippen LogP contribution in [0.15, 0.2) is 36.5 Å². The number of nitrogens with one attached hydrogen (secondary N) is 1. The predicted octanol–water partition coefficient (Wildman–Crippen LogP) is 1.94. The summed E-state index contributed by atoms with van der Waals surface area (Å²) in [4.78, 5) is 18.7. The number of H-pyrrole nitrogens is 1. The van der Waals surface area contributed by atoms with Crippen LogP contribution in [0.25, 0.3) is 11.4 Å². The summed E-state index contributed by atoms with van der Waals surface area (Å²) in [6.45, 7) is 1.92. The zero-order valence-corrected chi connectivity index (χ0v) is 14.9. The summed E-state index contributed by atoms with van der Waals surface area (Å²) in [5.41, 5.74) is 2.07. The lowest BCUT2D eigenvalue weighted by Gasteiger charge is -2.25. The van der Waals surface area contributed by atoms with E-state index in [1.165, 1.54) is 0 Å². The number of nitrogens with zero attached hydrogens (tertiary/aromatic N) is 2. The molecule has 2 N–H and O–H groups in total. The average molecular weight is 405 g/mol. The molecular formula is C16H18F3N3O4S. The molecule has 0 atom stereocenters. The van der Waals surface area contributed by atoms with Crippen molar-refractivity contribution in [1.82, 2.24) is 14.9 Å². The lowest BCUT2D eigenvalue weighted by Crippen LogP contribution is -2.39. The van der Waals surface area contributed by atoms with Crippen LogP contribution in [0.4, 0.5) is 13.2 Å². The van der Waals surface area contributed by atoms with Crippen molar-refractivity contribution >= 4 is 15.8 Å². The second-order valence-corrected chi connectivity index (χ2v) is 8.16. The van der Waals surface area contributed by atoms with Crippen LogP contribution in [0.5, 0.6) is 0 Å². The van der Waals surface area contributed by atoms with Gasteiger partial charge < -0.3 is 10.1 Å². The number of carbonyl (C=O) groups is 1. The fraction of sp³-hybridized carbons (Fsp3) is 0.375. The van der Waals surface area contributed by atoms with Crippen molar-refractivity contribution in [2.24, 2.45) is 0 Å². The third-order valence-electron chi connectivity index (χ3n) is 3.75. The van der Waals surface area contributed by atoms with E-state index in [0.29, 0.717) is 13.1 Å². The number of carboxylic acids is 1. The number of hydrogen-bond donors (Lipinski definition) is 2. The van der Waals surface area contributed by atoms with E-state index in [9.17, 15) is 21.6 Å². The van der Waals surface area contributed by atoms with Crippen molar-refractivity contribution in [3.63, 3.8) is 0 Å². The first-order valence-electron chi connectivity index (χ1n) is 7.89. The Balaban J connectivity index is 0.000000321. The van der Waals surface area contributed by atoms with Crippen LogP contribution in [0.3, 0.4) is 0 Å². The molecule has 0 aliphatic carbocycles. The van der Waals surface area contributed by atoms with Crippen LogP contribution >= 0.6 is 0 Å². The topological polar surface area (TPSA) is 103 Å². The second-order valence-electron chi connectivity index (χ2n) is 5.85. The third-order valence-corrected chi connectivity index (χ3v) is 5.36. The Morgan fingerprint density at radius 3 is 2.26 bits per heavy atom. The maximum Gasteiger partial charge on any atom is 0.490 e. The molecule has 0 unspecified atom stereocenters. The van der Waals surface area contributed by atoms with Gasteiger partial charge in [0.15, 0.2) is 9.84 Å². The van der Waals surface area contributed by atoms with E-state index >= 15 is 0 Å². The smallest absolute Gasteiger partial charge is 0.475 e. The summed E-state index contributed by atoms with van der Waals surface area (Å²) in [6, 6.07) is 9.95. The number of imidazole rings is 1. The maximum absolute atomic E-state index is 11.4. The Bertz CT molecular complexity index is 853. The normalized spacial score (nSPS) is 17.0. The summed E-state index contributed by atoms with van der Waals surface area (Å²) in [7, 11) is -2.81. The molecule has 7 nitrogen and oxygen atoms in total. The van der Waals surface area contributed by atoms with E-state index in [1.54, 1.807) is 0 Å². The number of benzene rings is 1. The van der Waals surface area contributed by atoms with Gasteiger partial charge in [-0.05, 0) is 0 Å². The van der Waals surface area contributed by atoms with Gasteiger partial charge in [-0.1, -0.05) is 30.3 Å². The summed E-state index contributed by atoms with van der Waals surface area (Å²) in [5.74, 6) is -1.39. The highest BCUT2D eigenvalue weighted by Crippen LogP contribution is 2.16. The molecule has 1 aliphatic heterocycles. The van der Waals surface area contributed by atoms with Crippen LogP contribution < -0.4 is 0 Å². The Morgan fingerprint density at radius 1 is 1.19 bits per heavy atom. The molecule has 2 aromatic rings. The zero-order valence-electron chi connectivity index (χ0n) is 14.1. The van der Waals surface area contributed by atoms with Crippen molar-refractivity contribution < 1.29 is 31.5 Å². The van der Waals surface area contributed by atoms with Gasteiger partial charge >= 0.3 is 12.1 Å². The molecular weight excluding hydrogens is 387 g/mol. The Labute approximate surface area is 153 Å². The molecule has 1 fully saturated rings.